The standard InChI is InChI=1S/C7H14NO3PS/c1-5(2)6-7(12(9,10)11)8-3-4-13-6/h5,8H,3-4H2,1-2H3,(H2,9,10,11). The Morgan fingerprint density at radius 1 is 1.54 bits per heavy atom. The van der Waals surface area contributed by atoms with E-state index >= 15 is 0 Å². The average Bonchev–Trinajstić information content (AvgIpc) is 2.03. The number of hydrogen-bond acceptors (Lipinski definition) is 3. The second-order valence-electron chi connectivity index (χ2n) is 3.19. The highest BCUT2D eigenvalue weighted by Gasteiger charge is 2.28. The average molecular weight is 223 g/mol. The van der Waals surface area contributed by atoms with Crippen LogP contribution in [0.2, 0.25) is 0 Å². The molecule has 13 heavy (non-hydrogen) atoms. The third-order valence-electron chi connectivity index (χ3n) is 1.70. The molecule has 0 aromatic rings. The van der Waals surface area contributed by atoms with Crippen molar-refractivity contribution in [2.24, 2.45) is 5.92 Å². The summed E-state index contributed by atoms with van der Waals surface area (Å²) in [5.41, 5.74) is 0.124. The molecule has 1 rings (SSSR count). The van der Waals surface area contributed by atoms with E-state index in [4.69, 9.17) is 9.79 Å². The van der Waals surface area contributed by atoms with Crippen LogP contribution in [0, 0.1) is 5.92 Å². The van der Waals surface area contributed by atoms with Crippen molar-refractivity contribution in [2.75, 3.05) is 12.3 Å². The van der Waals surface area contributed by atoms with E-state index in [1.807, 2.05) is 13.8 Å². The Bertz CT molecular complexity index is 271. The maximum absolute atomic E-state index is 11.1. The number of thioether (sulfide) groups is 1. The number of allylic oxidation sites excluding steroid dienone is 1. The predicted molar refractivity (Wildman–Crippen MR) is 54.4 cm³/mol. The summed E-state index contributed by atoms with van der Waals surface area (Å²) in [5, 5.41) is 2.79. The van der Waals surface area contributed by atoms with Crippen molar-refractivity contribution in [3.63, 3.8) is 0 Å². The fraction of sp³-hybridized carbons (Fsp3) is 0.714. The van der Waals surface area contributed by atoms with Gasteiger partial charge in [-0.15, -0.1) is 11.8 Å². The Balaban J connectivity index is 3.04. The summed E-state index contributed by atoms with van der Waals surface area (Å²) >= 11 is 1.53. The van der Waals surface area contributed by atoms with E-state index in [9.17, 15) is 4.57 Å². The smallest absolute Gasteiger partial charge is 0.372 e. The molecule has 0 amide bonds. The van der Waals surface area contributed by atoms with E-state index in [-0.39, 0.29) is 11.4 Å². The minimum Gasteiger partial charge on any atom is -0.377 e. The lowest BCUT2D eigenvalue weighted by molar-refractivity contribution is 0.377. The molecular formula is C7H14NO3PS. The summed E-state index contributed by atoms with van der Waals surface area (Å²) in [6.45, 7) is 4.50. The van der Waals surface area contributed by atoms with Gasteiger partial charge in [0.1, 0.15) is 5.44 Å². The van der Waals surface area contributed by atoms with Crippen LogP contribution in [-0.4, -0.2) is 22.1 Å². The van der Waals surface area contributed by atoms with Crippen molar-refractivity contribution in [3.8, 4) is 0 Å². The molecule has 0 fully saturated rings. The predicted octanol–water partition coefficient (Wildman–Crippen LogP) is 1.33. The summed E-state index contributed by atoms with van der Waals surface area (Å²) in [4.78, 5) is 18.9. The van der Waals surface area contributed by atoms with Gasteiger partial charge in [0.2, 0.25) is 0 Å². The molecule has 0 spiro atoms. The normalized spacial score (nSPS) is 19.2. The second kappa shape index (κ2) is 4.05. The van der Waals surface area contributed by atoms with Crippen LogP contribution < -0.4 is 5.32 Å². The molecular weight excluding hydrogens is 209 g/mol. The molecule has 1 aliphatic heterocycles. The summed E-state index contributed by atoms with van der Waals surface area (Å²) in [7, 11) is -4.10. The molecule has 76 valence electrons. The molecule has 6 heteroatoms. The van der Waals surface area contributed by atoms with Gasteiger partial charge in [-0.1, -0.05) is 13.8 Å². The first kappa shape index (κ1) is 11.1. The van der Waals surface area contributed by atoms with Gasteiger partial charge in [-0.2, -0.15) is 0 Å². The molecule has 0 saturated carbocycles. The van der Waals surface area contributed by atoms with E-state index in [1.54, 1.807) is 0 Å². The van der Waals surface area contributed by atoms with Gasteiger partial charge in [0.05, 0.1) is 0 Å². The van der Waals surface area contributed by atoms with Crippen LogP contribution >= 0.6 is 19.4 Å². The Morgan fingerprint density at radius 3 is 2.54 bits per heavy atom. The molecule has 1 aliphatic rings. The van der Waals surface area contributed by atoms with Gasteiger partial charge in [0.15, 0.2) is 0 Å². The maximum Gasteiger partial charge on any atom is 0.372 e. The first-order chi connectivity index (χ1) is 5.93. The van der Waals surface area contributed by atoms with Gasteiger partial charge < -0.3 is 15.1 Å². The summed E-state index contributed by atoms with van der Waals surface area (Å²) < 4.78 is 11.1. The molecule has 1 heterocycles. The lowest BCUT2D eigenvalue weighted by Crippen LogP contribution is -2.23. The van der Waals surface area contributed by atoms with Gasteiger partial charge >= 0.3 is 7.60 Å². The molecule has 0 saturated heterocycles. The first-order valence-electron chi connectivity index (χ1n) is 4.10. The molecule has 0 aromatic carbocycles. The van der Waals surface area contributed by atoms with Crippen molar-refractivity contribution < 1.29 is 14.4 Å². The summed E-state index contributed by atoms with van der Waals surface area (Å²) in [6.07, 6.45) is 0. The zero-order valence-electron chi connectivity index (χ0n) is 7.65. The summed E-state index contributed by atoms with van der Waals surface area (Å²) in [5.74, 6) is 1.04. The molecule has 4 nitrogen and oxygen atoms in total. The van der Waals surface area contributed by atoms with Crippen molar-refractivity contribution >= 4 is 19.4 Å². The Kier molecular flexibility index (Phi) is 3.46. The van der Waals surface area contributed by atoms with E-state index in [0.717, 1.165) is 10.7 Å². The SMILES string of the molecule is CC(C)C1=C(P(=O)(O)O)NCCS1. The Morgan fingerprint density at radius 2 is 2.15 bits per heavy atom. The third kappa shape index (κ3) is 2.74. The third-order valence-corrected chi connectivity index (χ3v) is 4.23. The lowest BCUT2D eigenvalue weighted by atomic mass is 10.2. The van der Waals surface area contributed by atoms with Gasteiger partial charge in [-0.3, -0.25) is 4.57 Å². The molecule has 0 aliphatic carbocycles. The zero-order chi connectivity index (χ0) is 10.1. The van der Waals surface area contributed by atoms with Crippen LogP contribution in [0.5, 0.6) is 0 Å². The van der Waals surface area contributed by atoms with E-state index in [2.05, 4.69) is 5.32 Å². The molecule has 0 unspecified atom stereocenters. The molecule has 0 bridgehead atoms. The van der Waals surface area contributed by atoms with E-state index < -0.39 is 7.60 Å². The largest absolute Gasteiger partial charge is 0.377 e. The fourth-order valence-corrected chi connectivity index (χ4v) is 3.55. The Hall–Kier alpha value is 0.0400. The lowest BCUT2D eigenvalue weighted by Gasteiger charge is -2.24. The van der Waals surface area contributed by atoms with E-state index in [0.29, 0.717) is 6.54 Å². The number of hydrogen-bond donors (Lipinski definition) is 3. The van der Waals surface area contributed by atoms with Gasteiger partial charge in [0.25, 0.3) is 0 Å². The van der Waals surface area contributed by atoms with Crippen molar-refractivity contribution in [2.45, 2.75) is 13.8 Å². The quantitative estimate of drug-likeness (QED) is 0.616. The monoisotopic (exact) mass is 223 g/mol. The van der Waals surface area contributed by atoms with Gasteiger partial charge in [-0.05, 0) is 5.92 Å². The van der Waals surface area contributed by atoms with Gasteiger partial charge in [-0.25, -0.2) is 0 Å². The zero-order valence-corrected chi connectivity index (χ0v) is 9.36. The fourth-order valence-electron chi connectivity index (χ4n) is 1.17. The van der Waals surface area contributed by atoms with Crippen LogP contribution in [0.15, 0.2) is 10.3 Å². The maximum atomic E-state index is 11.1. The molecule has 0 radical (unpaired) electrons. The van der Waals surface area contributed by atoms with Crippen molar-refractivity contribution in [1.29, 1.82) is 0 Å². The van der Waals surface area contributed by atoms with Crippen LogP contribution in [0.4, 0.5) is 0 Å². The van der Waals surface area contributed by atoms with Crippen LogP contribution in [0.1, 0.15) is 13.8 Å². The van der Waals surface area contributed by atoms with Crippen molar-refractivity contribution in [1.82, 2.24) is 5.32 Å². The minimum absolute atomic E-state index is 0.124. The van der Waals surface area contributed by atoms with E-state index in [1.165, 1.54) is 11.8 Å². The highest BCUT2D eigenvalue weighted by atomic mass is 32.2. The Labute approximate surface area is 82.0 Å². The van der Waals surface area contributed by atoms with Gasteiger partial charge in [0, 0.05) is 17.2 Å². The molecule has 0 aromatic heterocycles. The number of rotatable bonds is 2. The topological polar surface area (TPSA) is 69.6 Å². The van der Waals surface area contributed by atoms with Crippen LogP contribution in [-0.2, 0) is 4.57 Å². The van der Waals surface area contributed by atoms with Crippen LogP contribution in [0.25, 0.3) is 0 Å². The molecule has 3 N–H and O–H groups in total. The highest BCUT2D eigenvalue weighted by molar-refractivity contribution is 8.03. The first-order valence-corrected chi connectivity index (χ1v) is 6.69. The van der Waals surface area contributed by atoms with Crippen LogP contribution in [0.3, 0.4) is 0 Å². The second-order valence-corrected chi connectivity index (χ2v) is 5.86. The number of nitrogens with one attached hydrogen (secondary N) is 1. The minimum atomic E-state index is -4.10. The van der Waals surface area contributed by atoms with Crippen molar-refractivity contribution in [3.05, 3.63) is 10.3 Å². The highest BCUT2D eigenvalue weighted by Crippen LogP contribution is 2.49. The molecule has 0 atom stereocenters. The summed E-state index contributed by atoms with van der Waals surface area (Å²) in [6, 6.07) is 0.